The van der Waals surface area contributed by atoms with Crippen molar-refractivity contribution in [3.05, 3.63) is 66.1 Å². The lowest BCUT2D eigenvalue weighted by molar-refractivity contribution is 0.102. The third-order valence-corrected chi connectivity index (χ3v) is 5.37. The Bertz CT molecular complexity index is 1140. The number of aliphatic hydroxyl groups is 1. The van der Waals surface area contributed by atoms with E-state index >= 15 is 0 Å². The Labute approximate surface area is 182 Å². The molecule has 10 heteroatoms. The summed E-state index contributed by atoms with van der Waals surface area (Å²) in [6, 6.07) is 7.49. The molecule has 166 valence electrons. The maximum Gasteiger partial charge on any atom is 0.276 e. The molecule has 0 bridgehead atoms. The van der Waals surface area contributed by atoms with E-state index in [2.05, 4.69) is 15.3 Å². The molecule has 4 rings (SSSR count). The second-order valence-corrected chi connectivity index (χ2v) is 7.54. The van der Waals surface area contributed by atoms with Crippen LogP contribution in [0.2, 0.25) is 0 Å². The number of hydrogen-bond donors (Lipinski definition) is 4. The summed E-state index contributed by atoms with van der Waals surface area (Å²) >= 11 is 0. The Morgan fingerprint density at radius 2 is 1.94 bits per heavy atom. The van der Waals surface area contributed by atoms with Gasteiger partial charge in [-0.25, -0.2) is 13.8 Å². The minimum absolute atomic E-state index is 0.0524. The minimum Gasteiger partial charge on any atom is -0.397 e. The maximum atomic E-state index is 14.2. The summed E-state index contributed by atoms with van der Waals surface area (Å²) < 4.78 is 28.4. The number of nitrogens with one attached hydrogen (secondary N) is 1. The number of benzene rings is 1. The summed E-state index contributed by atoms with van der Waals surface area (Å²) in [4.78, 5) is 23.1. The predicted octanol–water partition coefficient (Wildman–Crippen LogP) is 2.15. The van der Waals surface area contributed by atoms with Crippen molar-refractivity contribution in [3.63, 3.8) is 0 Å². The lowest BCUT2D eigenvalue weighted by Gasteiger charge is -2.36. The van der Waals surface area contributed by atoms with Crippen LogP contribution in [0, 0.1) is 11.6 Å². The standard InChI is InChI=1S/C22H22F2N6O2/c23-12-2-1-3-13(24)20(12)16-5-4-14(25)21(28-16)22(32)29-17-10-27-8-6-18(17)30-9-7-19(31)15(26)11-30/h1-6,8,10,15,19,31H,7,9,11,25-26H2,(H,29,32)/t15-,19+/m1/s1. The highest BCUT2D eigenvalue weighted by molar-refractivity contribution is 6.07. The molecule has 0 spiro atoms. The fraction of sp³-hybridized carbons (Fsp3) is 0.227. The van der Waals surface area contributed by atoms with E-state index in [1.807, 2.05) is 4.90 Å². The smallest absolute Gasteiger partial charge is 0.276 e. The van der Waals surface area contributed by atoms with Crippen LogP contribution >= 0.6 is 0 Å². The molecule has 2 atom stereocenters. The molecule has 1 aliphatic rings. The second-order valence-electron chi connectivity index (χ2n) is 7.54. The van der Waals surface area contributed by atoms with Crippen LogP contribution in [0.1, 0.15) is 16.9 Å². The molecule has 0 aliphatic carbocycles. The lowest BCUT2D eigenvalue weighted by Crippen LogP contribution is -2.51. The number of nitrogens with two attached hydrogens (primary N) is 2. The highest BCUT2D eigenvalue weighted by Crippen LogP contribution is 2.29. The van der Waals surface area contributed by atoms with Crippen LogP contribution in [0.3, 0.4) is 0 Å². The minimum atomic E-state index is -0.799. The quantitative estimate of drug-likeness (QED) is 0.489. The van der Waals surface area contributed by atoms with Crippen molar-refractivity contribution in [1.29, 1.82) is 0 Å². The lowest BCUT2D eigenvalue weighted by atomic mass is 10.0. The largest absolute Gasteiger partial charge is 0.397 e. The zero-order valence-electron chi connectivity index (χ0n) is 17.0. The molecule has 0 unspecified atom stereocenters. The number of piperidine rings is 1. The van der Waals surface area contributed by atoms with Crippen molar-refractivity contribution < 1.29 is 18.7 Å². The fourth-order valence-corrected chi connectivity index (χ4v) is 3.66. The number of anilines is 3. The molecule has 1 amide bonds. The third-order valence-electron chi connectivity index (χ3n) is 5.37. The van der Waals surface area contributed by atoms with Gasteiger partial charge in [0.25, 0.3) is 5.91 Å². The van der Waals surface area contributed by atoms with Crippen LogP contribution in [0.4, 0.5) is 25.8 Å². The highest BCUT2D eigenvalue weighted by atomic mass is 19.1. The monoisotopic (exact) mass is 440 g/mol. The van der Waals surface area contributed by atoms with Crippen LogP contribution in [-0.2, 0) is 0 Å². The van der Waals surface area contributed by atoms with Crippen LogP contribution < -0.4 is 21.7 Å². The normalized spacial score (nSPS) is 18.4. The molecular formula is C22H22F2N6O2. The summed E-state index contributed by atoms with van der Waals surface area (Å²) in [6.07, 6.45) is 2.95. The van der Waals surface area contributed by atoms with Gasteiger partial charge >= 0.3 is 0 Å². The van der Waals surface area contributed by atoms with Gasteiger partial charge in [-0.1, -0.05) is 6.07 Å². The number of carbonyl (C=O) groups is 1. The highest BCUT2D eigenvalue weighted by Gasteiger charge is 2.27. The topological polar surface area (TPSA) is 130 Å². The Kier molecular flexibility index (Phi) is 5.97. The van der Waals surface area contributed by atoms with E-state index in [9.17, 15) is 18.7 Å². The number of aliphatic hydroxyl groups excluding tert-OH is 1. The van der Waals surface area contributed by atoms with E-state index in [4.69, 9.17) is 11.5 Å². The van der Waals surface area contributed by atoms with Gasteiger partial charge in [0.2, 0.25) is 0 Å². The molecule has 6 N–H and O–H groups in total. The van der Waals surface area contributed by atoms with Crippen molar-refractivity contribution in [2.24, 2.45) is 5.73 Å². The molecule has 1 saturated heterocycles. The Hall–Kier alpha value is -3.63. The van der Waals surface area contributed by atoms with E-state index in [0.717, 1.165) is 12.1 Å². The molecule has 8 nitrogen and oxygen atoms in total. The molecule has 0 radical (unpaired) electrons. The molecule has 1 aliphatic heterocycles. The SMILES string of the molecule is Nc1ccc(-c2c(F)cccc2F)nc1C(=O)Nc1cnccc1N1CC[C@H](O)[C@H](N)C1. The summed E-state index contributed by atoms with van der Waals surface area (Å²) in [7, 11) is 0. The average Bonchev–Trinajstić information content (AvgIpc) is 2.77. The number of carbonyl (C=O) groups excluding carboxylic acids is 1. The van der Waals surface area contributed by atoms with Crippen LogP contribution in [0.15, 0.2) is 48.8 Å². The zero-order chi connectivity index (χ0) is 22.8. The van der Waals surface area contributed by atoms with E-state index in [-0.39, 0.29) is 22.6 Å². The first-order valence-electron chi connectivity index (χ1n) is 10.00. The number of pyridine rings is 2. The van der Waals surface area contributed by atoms with Gasteiger partial charge in [0, 0.05) is 25.3 Å². The molecular weight excluding hydrogens is 418 g/mol. The first-order valence-corrected chi connectivity index (χ1v) is 10.00. The van der Waals surface area contributed by atoms with Crippen LogP contribution in [0.25, 0.3) is 11.3 Å². The van der Waals surface area contributed by atoms with E-state index in [0.29, 0.717) is 30.9 Å². The van der Waals surface area contributed by atoms with Gasteiger partial charge in [-0.2, -0.15) is 0 Å². The molecule has 3 aromatic rings. The van der Waals surface area contributed by atoms with Gasteiger partial charge in [-0.15, -0.1) is 0 Å². The number of nitrogen functional groups attached to an aromatic ring is 1. The number of aromatic nitrogens is 2. The van der Waals surface area contributed by atoms with Crippen molar-refractivity contribution in [2.45, 2.75) is 18.6 Å². The van der Waals surface area contributed by atoms with E-state index < -0.39 is 29.7 Å². The second kappa shape index (κ2) is 8.85. The first kappa shape index (κ1) is 21.6. The van der Waals surface area contributed by atoms with Crippen LogP contribution in [-0.4, -0.2) is 46.2 Å². The number of amides is 1. The van der Waals surface area contributed by atoms with E-state index in [1.54, 1.807) is 12.3 Å². The maximum absolute atomic E-state index is 14.2. The first-order chi connectivity index (χ1) is 15.3. The van der Waals surface area contributed by atoms with Crippen molar-refractivity contribution in [1.82, 2.24) is 9.97 Å². The number of halogens is 2. The molecule has 1 aromatic carbocycles. The Morgan fingerprint density at radius 3 is 2.66 bits per heavy atom. The Morgan fingerprint density at radius 1 is 1.19 bits per heavy atom. The van der Waals surface area contributed by atoms with Crippen molar-refractivity contribution >= 4 is 23.0 Å². The molecule has 2 aromatic heterocycles. The zero-order valence-corrected chi connectivity index (χ0v) is 17.0. The van der Waals surface area contributed by atoms with Gasteiger partial charge < -0.3 is 26.8 Å². The number of rotatable bonds is 4. The summed E-state index contributed by atoms with van der Waals surface area (Å²) in [5.41, 5.74) is 12.5. The Balaban J connectivity index is 1.63. The third kappa shape index (κ3) is 4.23. The van der Waals surface area contributed by atoms with Gasteiger partial charge in [0.15, 0.2) is 5.69 Å². The van der Waals surface area contributed by atoms with Gasteiger partial charge in [-0.05, 0) is 36.8 Å². The molecule has 0 saturated carbocycles. The van der Waals surface area contributed by atoms with Crippen LogP contribution in [0.5, 0.6) is 0 Å². The van der Waals surface area contributed by atoms with Crippen molar-refractivity contribution in [2.75, 3.05) is 29.0 Å². The summed E-state index contributed by atoms with van der Waals surface area (Å²) in [5.74, 6) is -2.25. The summed E-state index contributed by atoms with van der Waals surface area (Å²) in [5, 5.41) is 12.6. The number of nitrogens with zero attached hydrogens (tertiary/aromatic N) is 3. The predicted molar refractivity (Wildman–Crippen MR) is 117 cm³/mol. The van der Waals surface area contributed by atoms with Gasteiger partial charge in [0.1, 0.15) is 11.6 Å². The fourth-order valence-electron chi connectivity index (χ4n) is 3.66. The van der Waals surface area contributed by atoms with Gasteiger partial charge in [0.05, 0.1) is 40.6 Å². The molecule has 1 fully saturated rings. The van der Waals surface area contributed by atoms with E-state index in [1.165, 1.54) is 24.4 Å². The molecule has 32 heavy (non-hydrogen) atoms. The van der Waals surface area contributed by atoms with Gasteiger partial charge in [-0.3, -0.25) is 9.78 Å². The summed E-state index contributed by atoms with van der Waals surface area (Å²) in [6.45, 7) is 0.945. The number of hydrogen-bond acceptors (Lipinski definition) is 7. The van der Waals surface area contributed by atoms with Crippen molar-refractivity contribution in [3.8, 4) is 11.3 Å². The average molecular weight is 440 g/mol. The molecule has 3 heterocycles.